The van der Waals surface area contributed by atoms with E-state index in [4.69, 9.17) is 5.26 Å². The van der Waals surface area contributed by atoms with Gasteiger partial charge in [-0.2, -0.15) is 5.26 Å². The summed E-state index contributed by atoms with van der Waals surface area (Å²) in [5.41, 5.74) is 1.50. The van der Waals surface area contributed by atoms with Crippen molar-refractivity contribution < 1.29 is 0 Å². The monoisotopic (exact) mass is 270 g/mol. The number of hydrogen-bond acceptors (Lipinski definition) is 5. The molecule has 0 bridgehead atoms. The minimum absolute atomic E-state index is 0.382. The molecule has 0 radical (unpaired) electrons. The molecule has 0 saturated carbocycles. The molecule has 0 amide bonds. The molecule has 2 aromatic heterocycles. The summed E-state index contributed by atoms with van der Waals surface area (Å²) in [5.74, 6) is 1.54. The number of anilines is 1. The Labute approximate surface area is 118 Å². The predicted octanol–water partition coefficient (Wildman–Crippen LogP) is 1.81. The van der Waals surface area contributed by atoms with Crippen molar-refractivity contribution in [2.24, 2.45) is 7.05 Å². The minimum atomic E-state index is 0.382. The van der Waals surface area contributed by atoms with Gasteiger partial charge in [0.15, 0.2) is 0 Å². The van der Waals surface area contributed by atoms with Crippen LogP contribution in [-0.4, -0.2) is 26.1 Å². The lowest BCUT2D eigenvalue weighted by Gasteiger charge is -2.21. The highest BCUT2D eigenvalue weighted by Crippen LogP contribution is 2.13. The number of aryl methyl sites for hydroxylation is 1. The summed E-state index contributed by atoms with van der Waals surface area (Å²) in [6, 6.07) is 3.65. The van der Waals surface area contributed by atoms with Crippen molar-refractivity contribution in [2.45, 2.75) is 26.8 Å². The van der Waals surface area contributed by atoms with Crippen LogP contribution in [-0.2, 0) is 13.6 Å². The van der Waals surface area contributed by atoms with Gasteiger partial charge in [-0.05, 0) is 19.4 Å². The summed E-state index contributed by atoms with van der Waals surface area (Å²) in [7, 11) is 1.99. The van der Waals surface area contributed by atoms with Gasteiger partial charge in [0.05, 0.1) is 6.54 Å². The average molecular weight is 270 g/mol. The largest absolute Gasteiger partial charge is 0.334 e. The highest BCUT2D eigenvalue weighted by atomic mass is 15.3. The van der Waals surface area contributed by atoms with E-state index in [1.54, 1.807) is 12.3 Å². The first-order valence-corrected chi connectivity index (χ1v) is 6.61. The molecular formula is C14H18N6. The highest BCUT2D eigenvalue weighted by molar-refractivity contribution is 5.34. The topological polar surface area (TPSA) is 70.6 Å². The number of aromatic nitrogens is 4. The highest BCUT2D eigenvalue weighted by Gasteiger charge is 2.13. The molecule has 0 fully saturated rings. The van der Waals surface area contributed by atoms with Gasteiger partial charge in [-0.25, -0.2) is 15.0 Å². The van der Waals surface area contributed by atoms with Crippen molar-refractivity contribution in [3.05, 3.63) is 35.7 Å². The zero-order valence-corrected chi connectivity index (χ0v) is 12.0. The standard InChI is InChI=1S/C14H18N6/c1-4-7-20(10-13-17-9-11(2)19(13)3)14-16-6-5-12(8-15)18-14/h5-6,9H,4,7,10H2,1-3H3. The molecule has 6 heteroatoms. The number of imidazole rings is 1. The molecule has 0 N–H and O–H groups in total. The summed E-state index contributed by atoms with van der Waals surface area (Å²) in [6.45, 7) is 5.58. The molecule has 6 nitrogen and oxygen atoms in total. The van der Waals surface area contributed by atoms with Gasteiger partial charge in [0.25, 0.3) is 0 Å². The zero-order chi connectivity index (χ0) is 14.5. The maximum Gasteiger partial charge on any atom is 0.226 e. The summed E-state index contributed by atoms with van der Waals surface area (Å²) in [5, 5.41) is 8.94. The van der Waals surface area contributed by atoms with Crippen molar-refractivity contribution >= 4 is 5.95 Å². The second kappa shape index (κ2) is 6.15. The second-order valence-corrected chi connectivity index (χ2v) is 4.65. The number of rotatable bonds is 5. The van der Waals surface area contributed by atoms with Crippen LogP contribution in [0.4, 0.5) is 5.95 Å². The van der Waals surface area contributed by atoms with Crippen molar-refractivity contribution in [1.82, 2.24) is 19.5 Å². The molecular weight excluding hydrogens is 252 g/mol. The molecule has 0 aliphatic heterocycles. The molecule has 2 aromatic rings. The van der Waals surface area contributed by atoms with Gasteiger partial charge in [-0.15, -0.1) is 0 Å². The van der Waals surface area contributed by atoms with E-state index in [0.29, 0.717) is 18.2 Å². The molecule has 0 spiro atoms. The number of nitrogens with zero attached hydrogens (tertiary/aromatic N) is 6. The Balaban J connectivity index is 2.27. The van der Waals surface area contributed by atoms with Crippen LogP contribution in [0.1, 0.15) is 30.6 Å². The van der Waals surface area contributed by atoms with E-state index in [1.165, 1.54) is 0 Å². The van der Waals surface area contributed by atoms with E-state index >= 15 is 0 Å². The SMILES string of the molecule is CCCN(Cc1ncc(C)n1C)c1nccc(C#N)n1. The molecule has 104 valence electrons. The Bertz CT molecular complexity index is 625. The summed E-state index contributed by atoms with van der Waals surface area (Å²) in [6.07, 6.45) is 4.45. The third-order valence-corrected chi connectivity index (χ3v) is 3.18. The van der Waals surface area contributed by atoms with Crippen LogP contribution in [0, 0.1) is 18.3 Å². The van der Waals surface area contributed by atoms with Crippen molar-refractivity contribution in [2.75, 3.05) is 11.4 Å². The molecule has 0 aliphatic rings. The van der Waals surface area contributed by atoms with E-state index in [2.05, 4.69) is 26.4 Å². The fourth-order valence-corrected chi connectivity index (χ4v) is 1.95. The van der Waals surface area contributed by atoms with E-state index in [1.807, 2.05) is 31.1 Å². The van der Waals surface area contributed by atoms with Crippen LogP contribution in [0.25, 0.3) is 0 Å². The fraction of sp³-hybridized carbons (Fsp3) is 0.429. The Hall–Kier alpha value is -2.42. The minimum Gasteiger partial charge on any atom is -0.334 e. The van der Waals surface area contributed by atoms with Gasteiger partial charge in [-0.1, -0.05) is 6.92 Å². The first kappa shape index (κ1) is 14.0. The summed E-state index contributed by atoms with van der Waals surface area (Å²) in [4.78, 5) is 15.0. The lowest BCUT2D eigenvalue weighted by Crippen LogP contribution is -2.27. The Morgan fingerprint density at radius 1 is 1.40 bits per heavy atom. The number of nitriles is 1. The van der Waals surface area contributed by atoms with E-state index in [0.717, 1.165) is 24.5 Å². The van der Waals surface area contributed by atoms with Crippen LogP contribution < -0.4 is 4.90 Å². The van der Waals surface area contributed by atoms with E-state index in [-0.39, 0.29) is 0 Å². The second-order valence-electron chi connectivity index (χ2n) is 4.65. The third-order valence-electron chi connectivity index (χ3n) is 3.18. The van der Waals surface area contributed by atoms with Gasteiger partial charge in [0.1, 0.15) is 17.6 Å². The molecule has 0 atom stereocenters. The van der Waals surface area contributed by atoms with Crippen molar-refractivity contribution in [1.29, 1.82) is 5.26 Å². The maximum atomic E-state index is 8.94. The smallest absolute Gasteiger partial charge is 0.226 e. The van der Waals surface area contributed by atoms with Crippen molar-refractivity contribution in [3.8, 4) is 6.07 Å². The Morgan fingerprint density at radius 3 is 2.80 bits per heavy atom. The predicted molar refractivity (Wildman–Crippen MR) is 76.0 cm³/mol. The van der Waals surface area contributed by atoms with Crippen LogP contribution in [0.3, 0.4) is 0 Å². The summed E-state index contributed by atoms with van der Waals surface area (Å²) < 4.78 is 2.05. The van der Waals surface area contributed by atoms with Crippen LogP contribution in [0.15, 0.2) is 18.5 Å². The van der Waals surface area contributed by atoms with Gasteiger partial charge >= 0.3 is 0 Å². The lowest BCUT2D eigenvalue weighted by atomic mass is 10.4. The average Bonchev–Trinajstić information content (AvgIpc) is 2.79. The van der Waals surface area contributed by atoms with Gasteiger partial charge in [0, 0.05) is 31.7 Å². The van der Waals surface area contributed by atoms with Crippen molar-refractivity contribution in [3.63, 3.8) is 0 Å². The fourth-order valence-electron chi connectivity index (χ4n) is 1.95. The molecule has 0 aliphatic carbocycles. The molecule has 2 heterocycles. The van der Waals surface area contributed by atoms with Gasteiger partial charge < -0.3 is 9.47 Å². The number of hydrogen-bond donors (Lipinski definition) is 0. The van der Waals surface area contributed by atoms with Gasteiger partial charge in [0.2, 0.25) is 5.95 Å². The first-order valence-electron chi connectivity index (χ1n) is 6.61. The Morgan fingerprint density at radius 2 is 2.20 bits per heavy atom. The first-order chi connectivity index (χ1) is 9.65. The molecule has 0 unspecified atom stereocenters. The van der Waals surface area contributed by atoms with Crippen LogP contribution in [0.5, 0.6) is 0 Å². The van der Waals surface area contributed by atoms with E-state index in [9.17, 15) is 0 Å². The van der Waals surface area contributed by atoms with E-state index < -0.39 is 0 Å². The van der Waals surface area contributed by atoms with Gasteiger partial charge in [-0.3, -0.25) is 0 Å². The molecule has 2 rings (SSSR count). The zero-order valence-electron chi connectivity index (χ0n) is 12.0. The third kappa shape index (κ3) is 2.94. The maximum absolute atomic E-state index is 8.94. The molecule has 0 aromatic carbocycles. The normalized spacial score (nSPS) is 10.3. The quantitative estimate of drug-likeness (QED) is 0.828. The lowest BCUT2D eigenvalue weighted by molar-refractivity contribution is 0.680. The molecule has 20 heavy (non-hydrogen) atoms. The van der Waals surface area contributed by atoms with Crippen LogP contribution in [0.2, 0.25) is 0 Å². The summed E-state index contributed by atoms with van der Waals surface area (Å²) >= 11 is 0. The van der Waals surface area contributed by atoms with Crippen LogP contribution >= 0.6 is 0 Å². The Kier molecular flexibility index (Phi) is 4.31. The molecule has 0 saturated heterocycles.